The minimum Gasteiger partial charge on any atom is -0.493 e. The molecular formula is C12H14O. The van der Waals surface area contributed by atoms with Gasteiger partial charge in [0.15, 0.2) is 0 Å². The van der Waals surface area contributed by atoms with Crippen LogP contribution in [0.25, 0.3) is 6.08 Å². The molecule has 0 amide bonds. The van der Waals surface area contributed by atoms with Crippen molar-refractivity contribution >= 4 is 6.08 Å². The van der Waals surface area contributed by atoms with Crippen LogP contribution >= 0.6 is 0 Å². The predicted molar refractivity (Wildman–Crippen MR) is 55.0 cm³/mol. The van der Waals surface area contributed by atoms with Crippen molar-refractivity contribution in [1.29, 1.82) is 0 Å². The largest absolute Gasteiger partial charge is 0.493 e. The monoisotopic (exact) mass is 174 g/mol. The lowest BCUT2D eigenvalue weighted by atomic mass is 9.97. The Morgan fingerprint density at radius 3 is 3.15 bits per heavy atom. The molecule has 0 aliphatic heterocycles. The van der Waals surface area contributed by atoms with E-state index in [9.17, 15) is 0 Å². The summed E-state index contributed by atoms with van der Waals surface area (Å²) in [6.07, 6.45) is 6.68. The molecule has 1 nitrogen and oxygen atoms in total. The van der Waals surface area contributed by atoms with Crippen molar-refractivity contribution in [2.45, 2.75) is 19.8 Å². The highest BCUT2D eigenvalue weighted by Crippen LogP contribution is 2.28. The predicted octanol–water partition coefficient (Wildman–Crippen LogP) is 3.04. The van der Waals surface area contributed by atoms with Crippen molar-refractivity contribution in [3.63, 3.8) is 0 Å². The van der Waals surface area contributed by atoms with Crippen molar-refractivity contribution in [3.8, 4) is 5.75 Å². The quantitative estimate of drug-likeness (QED) is 0.669. The molecular weight excluding hydrogens is 160 g/mol. The van der Waals surface area contributed by atoms with Gasteiger partial charge in [0.1, 0.15) is 5.75 Å². The van der Waals surface area contributed by atoms with Gasteiger partial charge in [-0.1, -0.05) is 24.3 Å². The highest BCUT2D eigenvalue weighted by molar-refractivity contribution is 5.63. The summed E-state index contributed by atoms with van der Waals surface area (Å²) in [5, 5.41) is 0. The topological polar surface area (TPSA) is 9.23 Å². The van der Waals surface area contributed by atoms with Crippen molar-refractivity contribution < 1.29 is 4.74 Å². The summed E-state index contributed by atoms with van der Waals surface area (Å²) in [5.41, 5.74) is 2.68. The van der Waals surface area contributed by atoms with Gasteiger partial charge in [-0.15, -0.1) is 0 Å². The Kier molecular flexibility index (Phi) is 2.35. The lowest BCUT2D eigenvalue weighted by Crippen LogP contribution is -1.99. The van der Waals surface area contributed by atoms with E-state index in [1.807, 2.05) is 13.0 Å². The Morgan fingerprint density at radius 2 is 2.31 bits per heavy atom. The minimum atomic E-state index is 0.740. The van der Waals surface area contributed by atoms with E-state index in [1.54, 1.807) is 0 Å². The number of rotatable bonds is 2. The van der Waals surface area contributed by atoms with Gasteiger partial charge in [-0.25, -0.2) is 0 Å². The Balaban J connectivity index is 2.42. The van der Waals surface area contributed by atoms with Gasteiger partial charge in [-0.2, -0.15) is 0 Å². The minimum absolute atomic E-state index is 0.740. The van der Waals surface area contributed by atoms with Crippen LogP contribution in [0.15, 0.2) is 24.3 Å². The van der Waals surface area contributed by atoms with Crippen LogP contribution in [0.2, 0.25) is 0 Å². The molecule has 68 valence electrons. The number of ether oxygens (including phenoxy) is 1. The fourth-order valence-corrected chi connectivity index (χ4v) is 1.72. The fraction of sp³-hybridized carbons (Fsp3) is 0.333. The first kappa shape index (κ1) is 8.36. The second-order valence-electron chi connectivity index (χ2n) is 3.20. The van der Waals surface area contributed by atoms with Crippen LogP contribution in [0.1, 0.15) is 24.5 Å². The Bertz CT molecular complexity index is 326. The zero-order valence-electron chi connectivity index (χ0n) is 7.92. The number of hydrogen-bond donors (Lipinski definition) is 0. The molecule has 0 radical (unpaired) electrons. The summed E-state index contributed by atoms with van der Waals surface area (Å²) < 4.78 is 5.55. The first-order valence-corrected chi connectivity index (χ1v) is 4.83. The van der Waals surface area contributed by atoms with Gasteiger partial charge in [0.2, 0.25) is 0 Å². The normalized spacial score (nSPS) is 13.9. The average Bonchev–Trinajstić information content (AvgIpc) is 2.19. The van der Waals surface area contributed by atoms with Gasteiger partial charge in [0, 0.05) is 5.56 Å². The van der Waals surface area contributed by atoms with E-state index < -0.39 is 0 Å². The Morgan fingerprint density at radius 1 is 1.38 bits per heavy atom. The van der Waals surface area contributed by atoms with Gasteiger partial charge in [0.25, 0.3) is 0 Å². The van der Waals surface area contributed by atoms with E-state index in [0.717, 1.165) is 25.2 Å². The Hall–Kier alpha value is -1.24. The van der Waals surface area contributed by atoms with Crippen LogP contribution in [-0.4, -0.2) is 6.61 Å². The van der Waals surface area contributed by atoms with Crippen LogP contribution < -0.4 is 4.74 Å². The van der Waals surface area contributed by atoms with Crippen molar-refractivity contribution in [2.75, 3.05) is 6.61 Å². The highest BCUT2D eigenvalue weighted by Gasteiger charge is 2.08. The molecule has 0 N–H and O–H groups in total. The maximum absolute atomic E-state index is 5.55. The molecule has 0 aromatic heterocycles. The standard InChI is InChI=1S/C12H14O/c1-2-13-12-9-5-7-10-6-3-4-8-11(10)12/h4-5,7-9H,2-3,6H2,1H3. The summed E-state index contributed by atoms with van der Waals surface area (Å²) in [4.78, 5) is 0. The second-order valence-corrected chi connectivity index (χ2v) is 3.20. The summed E-state index contributed by atoms with van der Waals surface area (Å²) in [7, 11) is 0. The van der Waals surface area contributed by atoms with E-state index in [-0.39, 0.29) is 0 Å². The average molecular weight is 174 g/mol. The maximum Gasteiger partial charge on any atom is 0.126 e. The smallest absolute Gasteiger partial charge is 0.126 e. The summed E-state index contributed by atoms with van der Waals surface area (Å²) >= 11 is 0. The molecule has 0 fully saturated rings. The van der Waals surface area contributed by atoms with Crippen LogP contribution in [0.4, 0.5) is 0 Å². The van der Waals surface area contributed by atoms with Crippen molar-refractivity contribution in [3.05, 3.63) is 35.4 Å². The molecule has 0 saturated heterocycles. The molecule has 1 heteroatoms. The molecule has 0 bridgehead atoms. The van der Waals surface area contributed by atoms with E-state index >= 15 is 0 Å². The van der Waals surface area contributed by atoms with E-state index in [2.05, 4.69) is 24.3 Å². The summed E-state index contributed by atoms with van der Waals surface area (Å²) in [5.74, 6) is 1.02. The van der Waals surface area contributed by atoms with E-state index in [4.69, 9.17) is 4.74 Å². The summed E-state index contributed by atoms with van der Waals surface area (Å²) in [6.45, 7) is 2.76. The molecule has 2 rings (SSSR count). The molecule has 1 aromatic carbocycles. The van der Waals surface area contributed by atoms with Gasteiger partial charge in [-0.05, 0) is 31.4 Å². The summed E-state index contributed by atoms with van der Waals surface area (Å²) in [6, 6.07) is 6.29. The zero-order valence-corrected chi connectivity index (χ0v) is 7.92. The zero-order chi connectivity index (χ0) is 9.10. The third kappa shape index (κ3) is 1.59. The van der Waals surface area contributed by atoms with E-state index in [0.29, 0.717) is 0 Å². The molecule has 13 heavy (non-hydrogen) atoms. The number of hydrogen-bond acceptors (Lipinski definition) is 1. The number of aryl methyl sites for hydroxylation is 1. The van der Waals surface area contributed by atoms with Crippen LogP contribution in [-0.2, 0) is 6.42 Å². The molecule has 1 aliphatic rings. The third-order valence-corrected chi connectivity index (χ3v) is 2.32. The fourth-order valence-electron chi connectivity index (χ4n) is 1.72. The maximum atomic E-state index is 5.55. The highest BCUT2D eigenvalue weighted by atomic mass is 16.5. The molecule has 0 saturated carbocycles. The molecule has 0 heterocycles. The first-order chi connectivity index (χ1) is 6.42. The van der Waals surface area contributed by atoms with Crippen LogP contribution in [0.3, 0.4) is 0 Å². The molecule has 0 spiro atoms. The van der Waals surface area contributed by atoms with E-state index in [1.165, 1.54) is 11.1 Å². The first-order valence-electron chi connectivity index (χ1n) is 4.83. The third-order valence-electron chi connectivity index (χ3n) is 2.32. The number of fused-ring (bicyclic) bond motifs is 1. The van der Waals surface area contributed by atoms with Gasteiger partial charge >= 0.3 is 0 Å². The van der Waals surface area contributed by atoms with Crippen LogP contribution in [0, 0.1) is 0 Å². The lowest BCUT2D eigenvalue weighted by Gasteiger charge is -2.14. The van der Waals surface area contributed by atoms with Gasteiger partial charge in [-0.3, -0.25) is 0 Å². The molecule has 0 atom stereocenters. The molecule has 0 unspecified atom stereocenters. The van der Waals surface area contributed by atoms with Crippen LogP contribution in [0.5, 0.6) is 5.75 Å². The van der Waals surface area contributed by atoms with Crippen molar-refractivity contribution in [2.24, 2.45) is 0 Å². The van der Waals surface area contributed by atoms with Gasteiger partial charge < -0.3 is 4.74 Å². The van der Waals surface area contributed by atoms with Gasteiger partial charge in [0.05, 0.1) is 6.61 Å². The lowest BCUT2D eigenvalue weighted by molar-refractivity contribution is 0.339. The SMILES string of the molecule is CCOc1cccc2c1C=CCC2. The Labute approximate surface area is 79.0 Å². The van der Waals surface area contributed by atoms with Crippen molar-refractivity contribution in [1.82, 2.24) is 0 Å². The second kappa shape index (κ2) is 3.65. The number of allylic oxidation sites excluding steroid dienone is 1. The molecule has 1 aliphatic carbocycles. The molecule has 1 aromatic rings. The number of benzene rings is 1.